The van der Waals surface area contributed by atoms with Crippen molar-refractivity contribution < 1.29 is 9.84 Å². The Kier molecular flexibility index (Phi) is 4.44. The molecule has 0 fully saturated rings. The Balaban J connectivity index is 2.49. The summed E-state index contributed by atoms with van der Waals surface area (Å²) in [7, 11) is 1.50. The summed E-state index contributed by atoms with van der Waals surface area (Å²) >= 11 is 3.41. The van der Waals surface area contributed by atoms with E-state index >= 15 is 0 Å². The lowest BCUT2D eigenvalue weighted by Crippen LogP contribution is -2.03. The van der Waals surface area contributed by atoms with Crippen LogP contribution in [0.1, 0.15) is 19.0 Å². The average molecular weight is 338 g/mol. The first kappa shape index (κ1) is 14.6. The number of rotatable bonds is 4. The van der Waals surface area contributed by atoms with E-state index in [-0.39, 0.29) is 5.75 Å². The summed E-state index contributed by atoms with van der Waals surface area (Å²) in [6, 6.07) is 5.03. The summed E-state index contributed by atoms with van der Waals surface area (Å²) in [5.74, 6) is 1.35. The molecule has 0 atom stereocenters. The van der Waals surface area contributed by atoms with Gasteiger partial charge in [-0.05, 0) is 40.5 Å². The molecule has 0 aliphatic carbocycles. The Labute approximate surface area is 126 Å². The Morgan fingerprint density at radius 3 is 2.70 bits per heavy atom. The number of hydrogen-bond donors (Lipinski definition) is 2. The lowest BCUT2D eigenvalue weighted by atomic mass is 10.1. The van der Waals surface area contributed by atoms with Gasteiger partial charge < -0.3 is 15.6 Å². The summed E-state index contributed by atoms with van der Waals surface area (Å²) in [4.78, 5) is 8.75. The minimum atomic E-state index is 0.0483. The lowest BCUT2D eigenvalue weighted by molar-refractivity contribution is 0.373. The van der Waals surface area contributed by atoms with Crippen LogP contribution in [0.4, 0.5) is 5.82 Å². The molecule has 0 aliphatic heterocycles. The van der Waals surface area contributed by atoms with Crippen molar-refractivity contribution in [3.05, 3.63) is 28.4 Å². The third-order valence-electron chi connectivity index (χ3n) is 2.87. The van der Waals surface area contributed by atoms with Crippen LogP contribution in [0.3, 0.4) is 0 Å². The number of methoxy groups -OCH3 is 1. The largest absolute Gasteiger partial charge is 0.504 e. The Morgan fingerprint density at radius 2 is 2.10 bits per heavy atom. The van der Waals surface area contributed by atoms with Gasteiger partial charge in [-0.25, -0.2) is 9.97 Å². The van der Waals surface area contributed by atoms with E-state index in [0.717, 1.165) is 23.0 Å². The molecule has 0 spiro atoms. The number of hydrogen-bond acceptors (Lipinski definition) is 5. The van der Waals surface area contributed by atoms with E-state index in [0.29, 0.717) is 23.0 Å². The molecule has 2 rings (SSSR count). The van der Waals surface area contributed by atoms with Crippen LogP contribution in [-0.4, -0.2) is 22.2 Å². The fourth-order valence-corrected chi connectivity index (χ4v) is 2.25. The van der Waals surface area contributed by atoms with Gasteiger partial charge in [-0.1, -0.05) is 13.3 Å². The van der Waals surface area contributed by atoms with Gasteiger partial charge in [-0.2, -0.15) is 0 Å². The number of aromatic nitrogens is 2. The van der Waals surface area contributed by atoms with E-state index in [4.69, 9.17) is 10.5 Å². The normalized spacial score (nSPS) is 10.6. The van der Waals surface area contributed by atoms with Crippen LogP contribution in [0, 0.1) is 0 Å². The predicted octanol–water partition coefficient (Wildman–Crippen LogP) is 3.16. The topological polar surface area (TPSA) is 81.3 Å². The highest BCUT2D eigenvalue weighted by molar-refractivity contribution is 9.10. The maximum Gasteiger partial charge on any atom is 0.161 e. The molecular weight excluding hydrogens is 322 g/mol. The number of nitrogens with two attached hydrogens (primary N) is 1. The predicted molar refractivity (Wildman–Crippen MR) is 81.8 cm³/mol. The molecule has 0 amide bonds. The van der Waals surface area contributed by atoms with Gasteiger partial charge >= 0.3 is 0 Å². The Hall–Kier alpha value is -1.82. The number of phenols is 1. The minimum absolute atomic E-state index is 0.0483. The lowest BCUT2D eigenvalue weighted by Gasteiger charge is -2.09. The number of anilines is 1. The second-order valence-electron chi connectivity index (χ2n) is 4.33. The second kappa shape index (κ2) is 6.09. The van der Waals surface area contributed by atoms with Gasteiger partial charge in [0.05, 0.1) is 17.3 Å². The van der Waals surface area contributed by atoms with Crippen molar-refractivity contribution in [1.82, 2.24) is 9.97 Å². The first-order chi connectivity index (χ1) is 9.56. The van der Waals surface area contributed by atoms with Crippen LogP contribution in [-0.2, 0) is 6.42 Å². The molecule has 5 nitrogen and oxygen atoms in total. The summed E-state index contributed by atoms with van der Waals surface area (Å²) in [5.41, 5.74) is 7.46. The number of halogens is 1. The van der Waals surface area contributed by atoms with Crippen molar-refractivity contribution in [3.63, 3.8) is 0 Å². The molecule has 1 heterocycles. The summed E-state index contributed by atoms with van der Waals surface area (Å²) in [6.45, 7) is 2.07. The summed E-state index contributed by atoms with van der Waals surface area (Å²) in [6.07, 6.45) is 1.77. The zero-order valence-corrected chi connectivity index (χ0v) is 12.9. The van der Waals surface area contributed by atoms with Crippen molar-refractivity contribution >= 4 is 21.7 Å². The number of ether oxygens (including phenoxy) is 1. The fraction of sp³-hybridized carbons (Fsp3) is 0.286. The quantitative estimate of drug-likeness (QED) is 0.895. The average Bonchev–Trinajstić information content (AvgIpc) is 2.43. The monoisotopic (exact) mass is 337 g/mol. The molecule has 20 heavy (non-hydrogen) atoms. The molecule has 0 saturated heterocycles. The van der Waals surface area contributed by atoms with Gasteiger partial charge in [0, 0.05) is 5.56 Å². The molecule has 6 heteroatoms. The highest BCUT2D eigenvalue weighted by atomic mass is 79.9. The van der Waals surface area contributed by atoms with E-state index in [1.165, 1.54) is 7.11 Å². The molecule has 0 radical (unpaired) electrons. The van der Waals surface area contributed by atoms with E-state index in [1.54, 1.807) is 18.2 Å². The summed E-state index contributed by atoms with van der Waals surface area (Å²) in [5, 5.41) is 9.83. The number of aromatic hydroxyl groups is 1. The third-order valence-corrected chi connectivity index (χ3v) is 3.73. The van der Waals surface area contributed by atoms with Crippen molar-refractivity contribution in [2.45, 2.75) is 19.8 Å². The zero-order valence-electron chi connectivity index (χ0n) is 11.4. The van der Waals surface area contributed by atoms with Crippen LogP contribution < -0.4 is 10.5 Å². The number of benzene rings is 1. The summed E-state index contributed by atoms with van der Waals surface area (Å²) < 4.78 is 5.75. The van der Waals surface area contributed by atoms with Gasteiger partial charge in [-0.15, -0.1) is 0 Å². The molecule has 0 aliphatic rings. The molecule has 1 aromatic heterocycles. The van der Waals surface area contributed by atoms with Crippen molar-refractivity contribution in [2.75, 3.05) is 12.8 Å². The van der Waals surface area contributed by atoms with Gasteiger partial charge in [0.1, 0.15) is 5.82 Å². The van der Waals surface area contributed by atoms with Crippen molar-refractivity contribution in [1.29, 1.82) is 0 Å². The second-order valence-corrected chi connectivity index (χ2v) is 5.12. The van der Waals surface area contributed by atoms with Gasteiger partial charge in [0.15, 0.2) is 17.3 Å². The highest BCUT2D eigenvalue weighted by Gasteiger charge is 2.12. The molecule has 0 unspecified atom stereocenters. The van der Waals surface area contributed by atoms with Crippen LogP contribution in [0.15, 0.2) is 22.7 Å². The smallest absolute Gasteiger partial charge is 0.161 e. The number of aryl methyl sites for hydroxylation is 1. The minimum Gasteiger partial charge on any atom is -0.504 e. The van der Waals surface area contributed by atoms with Crippen LogP contribution >= 0.6 is 15.9 Å². The Morgan fingerprint density at radius 1 is 1.35 bits per heavy atom. The van der Waals surface area contributed by atoms with Gasteiger partial charge in [-0.3, -0.25) is 0 Å². The highest BCUT2D eigenvalue weighted by Crippen LogP contribution is 2.32. The van der Waals surface area contributed by atoms with Crippen molar-refractivity contribution in [2.24, 2.45) is 0 Å². The van der Waals surface area contributed by atoms with Crippen LogP contribution in [0.2, 0.25) is 0 Å². The molecule has 0 saturated carbocycles. The maximum absolute atomic E-state index is 9.83. The number of phenolic OH excluding ortho intramolecular Hbond substituents is 1. The van der Waals surface area contributed by atoms with E-state index in [2.05, 4.69) is 32.8 Å². The van der Waals surface area contributed by atoms with Crippen LogP contribution in [0.5, 0.6) is 11.5 Å². The van der Waals surface area contributed by atoms with E-state index in [9.17, 15) is 5.11 Å². The molecule has 0 bridgehead atoms. The first-order valence-corrected chi connectivity index (χ1v) is 7.05. The van der Waals surface area contributed by atoms with E-state index < -0.39 is 0 Å². The van der Waals surface area contributed by atoms with Gasteiger partial charge in [0.2, 0.25) is 0 Å². The van der Waals surface area contributed by atoms with Gasteiger partial charge in [0.25, 0.3) is 0 Å². The first-order valence-electron chi connectivity index (χ1n) is 6.26. The maximum atomic E-state index is 9.83. The molecule has 1 aromatic carbocycles. The van der Waals surface area contributed by atoms with Crippen molar-refractivity contribution in [3.8, 4) is 22.9 Å². The standard InChI is InChI=1S/C14H16BrN3O2/c1-3-4-9-12(15)13(16)18-14(17-9)8-5-6-11(20-2)10(19)7-8/h5-7,19H,3-4H2,1-2H3,(H2,16,17,18). The third kappa shape index (κ3) is 2.85. The molecule has 2 aromatic rings. The molecular formula is C14H16BrN3O2. The molecule has 106 valence electrons. The van der Waals surface area contributed by atoms with Crippen LogP contribution in [0.25, 0.3) is 11.4 Å². The Bertz CT molecular complexity index is 632. The fourth-order valence-electron chi connectivity index (χ4n) is 1.87. The molecule has 3 N–H and O–H groups in total. The number of nitrogen functional groups attached to an aromatic ring is 1. The SMILES string of the molecule is CCCc1nc(-c2ccc(OC)c(O)c2)nc(N)c1Br. The number of nitrogens with zero attached hydrogens (tertiary/aromatic N) is 2. The zero-order chi connectivity index (χ0) is 14.7. The van der Waals surface area contributed by atoms with E-state index in [1.807, 2.05) is 0 Å².